The number of aromatic nitrogens is 3. The topological polar surface area (TPSA) is 30.7 Å². The van der Waals surface area contributed by atoms with E-state index in [9.17, 15) is 4.39 Å². The zero-order chi connectivity index (χ0) is 12.4. The van der Waals surface area contributed by atoms with Crippen LogP contribution in [0.4, 0.5) is 4.39 Å². The molecular formula is C14H10FN3. The lowest BCUT2D eigenvalue weighted by molar-refractivity contribution is 0.611. The highest BCUT2D eigenvalue weighted by Crippen LogP contribution is 2.22. The fourth-order valence-corrected chi connectivity index (χ4v) is 1.85. The number of rotatable bonds is 2. The first-order valence-electron chi connectivity index (χ1n) is 5.55. The van der Waals surface area contributed by atoms with Crippen LogP contribution in [0.5, 0.6) is 0 Å². The number of pyridine rings is 1. The van der Waals surface area contributed by atoms with Crippen molar-refractivity contribution in [1.29, 1.82) is 0 Å². The molecule has 0 aliphatic rings. The van der Waals surface area contributed by atoms with Crippen LogP contribution in [0.25, 0.3) is 16.9 Å². The predicted molar refractivity (Wildman–Crippen MR) is 66.8 cm³/mol. The van der Waals surface area contributed by atoms with Crippen molar-refractivity contribution in [3.05, 3.63) is 66.9 Å². The third-order valence-corrected chi connectivity index (χ3v) is 2.68. The Kier molecular flexibility index (Phi) is 2.61. The number of nitrogens with zero attached hydrogens (tertiary/aromatic N) is 3. The van der Waals surface area contributed by atoms with E-state index in [4.69, 9.17) is 0 Å². The van der Waals surface area contributed by atoms with Gasteiger partial charge in [-0.05, 0) is 30.3 Å². The van der Waals surface area contributed by atoms with Gasteiger partial charge in [-0.1, -0.05) is 12.1 Å². The molecule has 0 saturated carbocycles. The number of hydrogen-bond acceptors (Lipinski definition) is 2. The van der Waals surface area contributed by atoms with Gasteiger partial charge in [0.25, 0.3) is 0 Å². The van der Waals surface area contributed by atoms with Crippen LogP contribution < -0.4 is 0 Å². The smallest absolute Gasteiger partial charge is 0.148 e. The lowest BCUT2D eigenvalue weighted by Gasteiger charge is -2.07. The molecule has 0 saturated heterocycles. The lowest BCUT2D eigenvalue weighted by Crippen LogP contribution is -2.01. The van der Waals surface area contributed by atoms with Gasteiger partial charge in [-0.25, -0.2) is 9.07 Å². The van der Waals surface area contributed by atoms with Gasteiger partial charge < -0.3 is 0 Å². The second-order valence-corrected chi connectivity index (χ2v) is 3.82. The van der Waals surface area contributed by atoms with Gasteiger partial charge in [0, 0.05) is 18.0 Å². The lowest BCUT2D eigenvalue weighted by atomic mass is 10.2. The molecule has 0 spiro atoms. The normalized spacial score (nSPS) is 10.5. The van der Waals surface area contributed by atoms with Gasteiger partial charge in [0.2, 0.25) is 0 Å². The van der Waals surface area contributed by atoms with Gasteiger partial charge >= 0.3 is 0 Å². The van der Waals surface area contributed by atoms with Crippen LogP contribution in [0.1, 0.15) is 0 Å². The molecule has 1 aromatic carbocycles. The van der Waals surface area contributed by atoms with Gasteiger partial charge in [0.05, 0.1) is 11.9 Å². The SMILES string of the molecule is Fc1ccccc1-n1nccc1-c1cccnc1. The molecule has 18 heavy (non-hydrogen) atoms. The molecule has 3 aromatic rings. The van der Waals surface area contributed by atoms with Crippen LogP contribution in [0.15, 0.2) is 61.1 Å². The largest absolute Gasteiger partial charge is 0.264 e. The fourth-order valence-electron chi connectivity index (χ4n) is 1.85. The van der Waals surface area contributed by atoms with Crippen LogP contribution in [-0.2, 0) is 0 Å². The van der Waals surface area contributed by atoms with E-state index in [0.29, 0.717) is 5.69 Å². The van der Waals surface area contributed by atoms with Crippen LogP contribution >= 0.6 is 0 Å². The number of halogens is 1. The van der Waals surface area contributed by atoms with Crippen molar-refractivity contribution in [1.82, 2.24) is 14.8 Å². The minimum Gasteiger partial charge on any atom is -0.264 e. The van der Waals surface area contributed by atoms with Crippen molar-refractivity contribution >= 4 is 0 Å². The quantitative estimate of drug-likeness (QED) is 0.688. The first-order chi connectivity index (χ1) is 8.86. The van der Waals surface area contributed by atoms with Gasteiger partial charge in [-0.3, -0.25) is 4.98 Å². The monoisotopic (exact) mass is 239 g/mol. The van der Waals surface area contributed by atoms with Crippen LogP contribution in [0.2, 0.25) is 0 Å². The predicted octanol–water partition coefficient (Wildman–Crippen LogP) is 3.07. The summed E-state index contributed by atoms with van der Waals surface area (Å²) in [6, 6.07) is 12.2. The molecule has 0 radical (unpaired) electrons. The minimum atomic E-state index is -0.300. The summed E-state index contributed by atoms with van der Waals surface area (Å²) < 4.78 is 15.3. The van der Waals surface area contributed by atoms with Crippen LogP contribution in [-0.4, -0.2) is 14.8 Å². The fraction of sp³-hybridized carbons (Fsp3) is 0. The summed E-state index contributed by atoms with van der Waals surface area (Å²) in [6.45, 7) is 0. The molecule has 0 unspecified atom stereocenters. The molecule has 2 heterocycles. The van der Waals surface area contributed by atoms with E-state index in [2.05, 4.69) is 10.1 Å². The van der Waals surface area contributed by atoms with Crippen molar-refractivity contribution in [2.75, 3.05) is 0 Å². The average Bonchev–Trinajstić information content (AvgIpc) is 2.89. The van der Waals surface area contributed by atoms with Crippen molar-refractivity contribution in [2.24, 2.45) is 0 Å². The minimum absolute atomic E-state index is 0.300. The van der Waals surface area contributed by atoms with Gasteiger partial charge in [0.15, 0.2) is 0 Å². The Labute approximate surface area is 104 Å². The summed E-state index contributed by atoms with van der Waals surface area (Å²) in [5.41, 5.74) is 2.15. The zero-order valence-electron chi connectivity index (χ0n) is 9.49. The maximum Gasteiger partial charge on any atom is 0.148 e. The number of hydrogen-bond donors (Lipinski definition) is 0. The molecule has 0 bridgehead atoms. The molecule has 4 heteroatoms. The van der Waals surface area contributed by atoms with Gasteiger partial charge in [0.1, 0.15) is 11.5 Å². The molecule has 0 atom stereocenters. The molecule has 3 rings (SSSR count). The summed E-state index contributed by atoms with van der Waals surface area (Å²) in [7, 11) is 0. The summed E-state index contributed by atoms with van der Waals surface area (Å²) in [6.07, 6.45) is 5.08. The summed E-state index contributed by atoms with van der Waals surface area (Å²) in [5.74, 6) is -0.300. The molecule has 3 nitrogen and oxygen atoms in total. The van der Waals surface area contributed by atoms with Crippen LogP contribution in [0, 0.1) is 5.82 Å². The zero-order valence-corrected chi connectivity index (χ0v) is 9.49. The van der Waals surface area contributed by atoms with Crippen molar-refractivity contribution in [2.45, 2.75) is 0 Å². The average molecular weight is 239 g/mol. The Balaban J connectivity index is 2.16. The molecule has 2 aromatic heterocycles. The second-order valence-electron chi connectivity index (χ2n) is 3.82. The molecule has 0 aliphatic carbocycles. The van der Waals surface area contributed by atoms with Crippen LogP contribution in [0.3, 0.4) is 0 Å². The summed E-state index contributed by atoms with van der Waals surface area (Å²) in [5, 5.41) is 4.17. The molecule has 0 N–H and O–H groups in total. The van der Waals surface area contributed by atoms with Crippen molar-refractivity contribution in [3.8, 4) is 16.9 Å². The standard InChI is InChI=1S/C14H10FN3/c15-12-5-1-2-6-14(12)18-13(7-9-17-18)11-4-3-8-16-10-11/h1-10H. The summed E-state index contributed by atoms with van der Waals surface area (Å²) >= 11 is 0. The van der Waals surface area contributed by atoms with Gasteiger partial charge in [-0.2, -0.15) is 5.10 Å². The highest BCUT2D eigenvalue weighted by molar-refractivity contribution is 5.60. The van der Waals surface area contributed by atoms with Gasteiger partial charge in [-0.15, -0.1) is 0 Å². The molecule has 0 amide bonds. The van der Waals surface area contributed by atoms with E-state index in [1.54, 1.807) is 41.5 Å². The second kappa shape index (κ2) is 4.41. The number of benzene rings is 1. The Hall–Kier alpha value is -2.49. The molecule has 88 valence electrons. The summed E-state index contributed by atoms with van der Waals surface area (Å²) in [4.78, 5) is 4.06. The number of para-hydroxylation sites is 1. The van der Waals surface area contributed by atoms with E-state index < -0.39 is 0 Å². The molecule has 0 fully saturated rings. The maximum absolute atomic E-state index is 13.8. The first-order valence-corrected chi connectivity index (χ1v) is 5.55. The highest BCUT2D eigenvalue weighted by Gasteiger charge is 2.10. The van der Waals surface area contributed by atoms with E-state index in [1.165, 1.54) is 6.07 Å². The van der Waals surface area contributed by atoms with E-state index in [1.807, 2.05) is 18.2 Å². The Morgan fingerprint density at radius 3 is 2.61 bits per heavy atom. The van der Waals surface area contributed by atoms with Crippen molar-refractivity contribution in [3.63, 3.8) is 0 Å². The first kappa shape index (κ1) is 10.7. The van der Waals surface area contributed by atoms with Crippen molar-refractivity contribution < 1.29 is 4.39 Å². The Morgan fingerprint density at radius 2 is 1.83 bits per heavy atom. The van der Waals surface area contributed by atoms with E-state index in [0.717, 1.165) is 11.3 Å². The molecular weight excluding hydrogens is 229 g/mol. The van der Waals surface area contributed by atoms with E-state index >= 15 is 0 Å². The third kappa shape index (κ3) is 1.78. The highest BCUT2D eigenvalue weighted by atomic mass is 19.1. The Morgan fingerprint density at radius 1 is 0.944 bits per heavy atom. The van der Waals surface area contributed by atoms with E-state index in [-0.39, 0.29) is 5.82 Å². The maximum atomic E-state index is 13.8. The molecule has 0 aliphatic heterocycles. The Bertz CT molecular complexity index is 662. The third-order valence-electron chi connectivity index (χ3n) is 2.68.